The van der Waals surface area contributed by atoms with E-state index < -0.39 is 0 Å². The molecule has 7 heteroatoms. The number of amides is 1. The lowest BCUT2D eigenvalue weighted by molar-refractivity contribution is -0.133. The molecule has 3 rings (SSSR count). The number of benzene rings is 1. The molecular formula is C19H25N5O2. The summed E-state index contributed by atoms with van der Waals surface area (Å²) in [5, 5.41) is 3.16. The van der Waals surface area contributed by atoms with Crippen LogP contribution in [0.2, 0.25) is 0 Å². The van der Waals surface area contributed by atoms with Gasteiger partial charge in [0.15, 0.2) is 6.61 Å². The van der Waals surface area contributed by atoms with Crippen molar-refractivity contribution in [1.29, 1.82) is 0 Å². The third kappa shape index (κ3) is 4.62. The van der Waals surface area contributed by atoms with Crippen LogP contribution in [0.4, 0.5) is 11.8 Å². The number of para-hydroxylation sites is 1. The molecule has 0 saturated carbocycles. The van der Waals surface area contributed by atoms with Crippen molar-refractivity contribution in [3.8, 4) is 5.75 Å². The maximum atomic E-state index is 12.4. The molecule has 0 radical (unpaired) electrons. The van der Waals surface area contributed by atoms with Gasteiger partial charge in [-0.2, -0.15) is 4.98 Å². The van der Waals surface area contributed by atoms with Crippen LogP contribution in [-0.2, 0) is 4.79 Å². The number of carbonyl (C=O) groups is 1. The van der Waals surface area contributed by atoms with Gasteiger partial charge < -0.3 is 19.9 Å². The first-order valence-corrected chi connectivity index (χ1v) is 8.96. The highest BCUT2D eigenvalue weighted by atomic mass is 16.5. The van der Waals surface area contributed by atoms with Crippen LogP contribution in [0.15, 0.2) is 36.4 Å². The molecule has 1 aromatic carbocycles. The minimum Gasteiger partial charge on any atom is -0.484 e. The predicted octanol–water partition coefficient (Wildman–Crippen LogP) is 1.94. The number of nitrogens with one attached hydrogen (secondary N) is 1. The summed E-state index contributed by atoms with van der Waals surface area (Å²) < 4.78 is 5.56. The molecule has 0 atom stereocenters. The lowest BCUT2D eigenvalue weighted by Gasteiger charge is -2.35. The third-order valence-electron chi connectivity index (χ3n) is 4.24. The fraction of sp³-hybridized carbons (Fsp3) is 0.421. The zero-order valence-electron chi connectivity index (χ0n) is 15.3. The largest absolute Gasteiger partial charge is 0.484 e. The first kappa shape index (κ1) is 18.0. The molecule has 0 spiro atoms. The molecule has 1 aliphatic heterocycles. The molecule has 1 saturated heterocycles. The Morgan fingerprint density at radius 3 is 2.58 bits per heavy atom. The molecule has 138 valence electrons. The van der Waals surface area contributed by atoms with Gasteiger partial charge in [-0.3, -0.25) is 4.79 Å². The van der Waals surface area contributed by atoms with Crippen molar-refractivity contribution in [3.63, 3.8) is 0 Å². The summed E-state index contributed by atoms with van der Waals surface area (Å²) in [6.45, 7) is 7.67. The highest BCUT2D eigenvalue weighted by molar-refractivity contribution is 5.78. The van der Waals surface area contributed by atoms with Gasteiger partial charge in [-0.05, 0) is 26.0 Å². The van der Waals surface area contributed by atoms with Crippen LogP contribution in [0.5, 0.6) is 5.75 Å². The van der Waals surface area contributed by atoms with E-state index in [1.54, 1.807) is 0 Å². The Bertz CT molecular complexity index is 730. The second-order valence-corrected chi connectivity index (χ2v) is 6.19. The molecule has 0 bridgehead atoms. The van der Waals surface area contributed by atoms with Crippen LogP contribution in [0.1, 0.15) is 12.6 Å². The minimum absolute atomic E-state index is 0.0145. The first-order chi connectivity index (χ1) is 12.7. The molecule has 2 heterocycles. The zero-order valence-corrected chi connectivity index (χ0v) is 15.3. The van der Waals surface area contributed by atoms with Crippen LogP contribution in [0, 0.1) is 6.92 Å². The van der Waals surface area contributed by atoms with Crippen LogP contribution in [0.3, 0.4) is 0 Å². The highest BCUT2D eigenvalue weighted by Crippen LogP contribution is 2.17. The van der Waals surface area contributed by atoms with Crippen LogP contribution in [0.25, 0.3) is 0 Å². The van der Waals surface area contributed by atoms with Gasteiger partial charge in [0.1, 0.15) is 11.6 Å². The van der Waals surface area contributed by atoms with Crippen molar-refractivity contribution in [2.75, 3.05) is 49.5 Å². The van der Waals surface area contributed by atoms with E-state index in [2.05, 4.69) is 20.2 Å². The summed E-state index contributed by atoms with van der Waals surface area (Å²) >= 11 is 0. The van der Waals surface area contributed by atoms with E-state index in [0.717, 1.165) is 31.1 Å². The van der Waals surface area contributed by atoms with Crippen LogP contribution < -0.4 is 15.0 Å². The maximum absolute atomic E-state index is 12.4. The molecule has 1 N–H and O–H groups in total. The quantitative estimate of drug-likeness (QED) is 0.854. The summed E-state index contributed by atoms with van der Waals surface area (Å²) in [6, 6.07) is 11.4. The zero-order chi connectivity index (χ0) is 18.4. The Labute approximate surface area is 154 Å². The maximum Gasteiger partial charge on any atom is 0.260 e. The van der Waals surface area contributed by atoms with E-state index in [9.17, 15) is 4.79 Å². The monoisotopic (exact) mass is 355 g/mol. The summed E-state index contributed by atoms with van der Waals surface area (Å²) in [6.07, 6.45) is 0. The Hall–Kier alpha value is -2.83. The fourth-order valence-corrected chi connectivity index (χ4v) is 2.89. The molecule has 1 amide bonds. The molecule has 0 aliphatic carbocycles. The second kappa shape index (κ2) is 8.51. The first-order valence-electron chi connectivity index (χ1n) is 8.96. The summed E-state index contributed by atoms with van der Waals surface area (Å²) in [4.78, 5) is 25.3. The van der Waals surface area contributed by atoms with E-state index in [1.165, 1.54) is 0 Å². The average Bonchev–Trinajstić information content (AvgIpc) is 2.67. The average molecular weight is 355 g/mol. The van der Waals surface area contributed by atoms with Crippen LogP contribution in [-0.4, -0.2) is 60.1 Å². The van der Waals surface area contributed by atoms with Crippen molar-refractivity contribution >= 4 is 17.7 Å². The number of ether oxygens (including phenoxy) is 1. The number of aryl methyl sites for hydroxylation is 1. The van der Waals surface area contributed by atoms with Crippen molar-refractivity contribution in [3.05, 3.63) is 42.1 Å². The minimum atomic E-state index is 0.0145. The number of aromatic nitrogens is 2. The van der Waals surface area contributed by atoms with Crippen molar-refractivity contribution in [2.45, 2.75) is 13.8 Å². The van der Waals surface area contributed by atoms with Crippen molar-refractivity contribution < 1.29 is 9.53 Å². The molecule has 1 aliphatic rings. The normalized spacial score (nSPS) is 14.2. The number of piperazine rings is 1. The number of hydrogen-bond donors (Lipinski definition) is 1. The topological polar surface area (TPSA) is 70.6 Å². The van der Waals surface area contributed by atoms with E-state index >= 15 is 0 Å². The molecule has 26 heavy (non-hydrogen) atoms. The van der Waals surface area contributed by atoms with Crippen molar-refractivity contribution in [2.24, 2.45) is 0 Å². The lowest BCUT2D eigenvalue weighted by atomic mass is 10.3. The van der Waals surface area contributed by atoms with Gasteiger partial charge >= 0.3 is 0 Å². The molecular weight excluding hydrogens is 330 g/mol. The van der Waals surface area contributed by atoms with Gasteiger partial charge in [0.05, 0.1) is 0 Å². The standard InChI is InChI=1S/C19H25N5O2/c1-3-20-19-21-15(2)13-17(22-19)23-9-11-24(12-10-23)18(25)14-26-16-7-5-4-6-8-16/h4-8,13H,3,9-12,14H2,1-2H3,(H,20,21,22). The summed E-state index contributed by atoms with van der Waals surface area (Å²) in [5.74, 6) is 2.28. The summed E-state index contributed by atoms with van der Waals surface area (Å²) in [7, 11) is 0. The van der Waals surface area contributed by atoms with Gasteiger partial charge in [0.25, 0.3) is 5.91 Å². The number of hydrogen-bond acceptors (Lipinski definition) is 6. The van der Waals surface area contributed by atoms with Gasteiger partial charge in [0, 0.05) is 44.5 Å². The van der Waals surface area contributed by atoms with Crippen molar-refractivity contribution in [1.82, 2.24) is 14.9 Å². The lowest BCUT2D eigenvalue weighted by Crippen LogP contribution is -2.50. The molecule has 2 aromatic rings. The van der Waals surface area contributed by atoms with Crippen LogP contribution >= 0.6 is 0 Å². The Morgan fingerprint density at radius 2 is 1.88 bits per heavy atom. The van der Waals surface area contributed by atoms with E-state index in [1.807, 2.05) is 55.1 Å². The number of carbonyl (C=O) groups excluding carboxylic acids is 1. The van der Waals surface area contributed by atoms with Gasteiger partial charge in [0.2, 0.25) is 5.95 Å². The van der Waals surface area contributed by atoms with E-state index in [4.69, 9.17) is 4.74 Å². The highest BCUT2D eigenvalue weighted by Gasteiger charge is 2.22. The Balaban J connectivity index is 1.53. The molecule has 1 fully saturated rings. The van der Waals surface area contributed by atoms with E-state index in [-0.39, 0.29) is 12.5 Å². The van der Waals surface area contributed by atoms with E-state index in [0.29, 0.717) is 24.8 Å². The SMILES string of the molecule is CCNc1nc(C)cc(N2CCN(C(=O)COc3ccccc3)CC2)n1. The number of rotatable bonds is 6. The second-order valence-electron chi connectivity index (χ2n) is 6.19. The Kier molecular flexibility index (Phi) is 5.88. The molecule has 1 aromatic heterocycles. The smallest absolute Gasteiger partial charge is 0.260 e. The Morgan fingerprint density at radius 1 is 1.15 bits per heavy atom. The van der Waals surface area contributed by atoms with Gasteiger partial charge in [-0.15, -0.1) is 0 Å². The van der Waals surface area contributed by atoms with Gasteiger partial charge in [-0.1, -0.05) is 18.2 Å². The number of nitrogens with zero attached hydrogens (tertiary/aromatic N) is 4. The molecule has 0 unspecified atom stereocenters. The predicted molar refractivity (Wildman–Crippen MR) is 102 cm³/mol. The van der Waals surface area contributed by atoms with Gasteiger partial charge in [-0.25, -0.2) is 4.98 Å². The summed E-state index contributed by atoms with van der Waals surface area (Å²) in [5.41, 5.74) is 0.931. The molecule has 7 nitrogen and oxygen atoms in total. The third-order valence-corrected chi connectivity index (χ3v) is 4.24. The number of anilines is 2. The fourth-order valence-electron chi connectivity index (χ4n) is 2.89.